The van der Waals surface area contributed by atoms with Crippen LogP contribution in [0.5, 0.6) is 0 Å². The first-order valence-electron chi connectivity index (χ1n) is 5.96. The van der Waals surface area contributed by atoms with E-state index in [2.05, 4.69) is 14.9 Å². The molecule has 0 saturated heterocycles. The van der Waals surface area contributed by atoms with E-state index in [-0.39, 0.29) is 12.0 Å². The van der Waals surface area contributed by atoms with Gasteiger partial charge in [0, 0.05) is 6.54 Å². The summed E-state index contributed by atoms with van der Waals surface area (Å²) in [7, 11) is 0. The monoisotopic (exact) mass is 257 g/mol. The van der Waals surface area contributed by atoms with Crippen LogP contribution in [0.15, 0.2) is 0 Å². The molecule has 1 aromatic rings. The smallest absolute Gasteiger partial charge is 0.264 e. The molecule has 0 spiro atoms. The minimum absolute atomic E-state index is 0.133. The van der Waals surface area contributed by atoms with E-state index < -0.39 is 0 Å². The third-order valence-corrected chi connectivity index (χ3v) is 3.25. The molecular formula is C11H19N3O2S. The quantitative estimate of drug-likeness (QED) is 0.774. The van der Waals surface area contributed by atoms with Crippen LogP contribution in [0, 0.1) is 0 Å². The molecule has 0 aromatic carbocycles. The van der Waals surface area contributed by atoms with Gasteiger partial charge in [-0.2, -0.15) is 0 Å². The second-order valence-electron chi connectivity index (χ2n) is 3.91. The zero-order valence-electron chi connectivity index (χ0n) is 10.3. The summed E-state index contributed by atoms with van der Waals surface area (Å²) in [6.07, 6.45) is 2.67. The maximum Gasteiger partial charge on any atom is 0.264 e. The number of carbonyl (C=O) groups is 1. The van der Waals surface area contributed by atoms with Gasteiger partial charge in [0.2, 0.25) is 0 Å². The molecule has 17 heavy (non-hydrogen) atoms. The molecule has 5 nitrogen and oxygen atoms in total. The fraction of sp³-hybridized carbons (Fsp3) is 0.727. The van der Waals surface area contributed by atoms with E-state index in [0.29, 0.717) is 24.3 Å². The number of rotatable bonds is 7. The highest BCUT2D eigenvalue weighted by Crippen LogP contribution is 2.12. The van der Waals surface area contributed by atoms with Gasteiger partial charge in [0.25, 0.3) is 5.91 Å². The first kappa shape index (κ1) is 14.1. The van der Waals surface area contributed by atoms with Gasteiger partial charge >= 0.3 is 0 Å². The molecule has 0 aliphatic heterocycles. The summed E-state index contributed by atoms with van der Waals surface area (Å²) in [6.45, 7) is 4.44. The Morgan fingerprint density at radius 1 is 1.53 bits per heavy atom. The van der Waals surface area contributed by atoms with Gasteiger partial charge in [-0.15, -0.1) is 5.10 Å². The maximum absolute atomic E-state index is 11.8. The molecule has 1 heterocycles. The van der Waals surface area contributed by atoms with E-state index in [1.807, 2.05) is 13.8 Å². The fourth-order valence-corrected chi connectivity index (χ4v) is 2.04. The zero-order chi connectivity index (χ0) is 12.7. The largest absolute Gasteiger partial charge is 0.393 e. The van der Waals surface area contributed by atoms with Gasteiger partial charge in [-0.25, -0.2) is 0 Å². The number of nitrogens with zero attached hydrogens (tertiary/aromatic N) is 2. The Hall–Kier alpha value is -1.01. The SMILES string of the molecule is CCCc1nnsc1C(=O)NCCC(O)CC. The van der Waals surface area contributed by atoms with E-state index in [4.69, 9.17) is 0 Å². The van der Waals surface area contributed by atoms with E-state index >= 15 is 0 Å². The van der Waals surface area contributed by atoms with Gasteiger partial charge in [-0.1, -0.05) is 24.8 Å². The lowest BCUT2D eigenvalue weighted by molar-refractivity contribution is 0.0945. The van der Waals surface area contributed by atoms with E-state index in [0.717, 1.165) is 30.1 Å². The summed E-state index contributed by atoms with van der Waals surface area (Å²) in [5.74, 6) is -0.133. The van der Waals surface area contributed by atoms with Crippen molar-refractivity contribution in [2.75, 3.05) is 6.54 Å². The first-order valence-corrected chi connectivity index (χ1v) is 6.73. The standard InChI is InChI=1S/C11H19N3O2S/c1-3-5-9-10(17-14-13-9)11(16)12-7-6-8(15)4-2/h8,15H,3-7H2,1-2H3,(H,12,16). The number of aliphatic hydroxyl groups excluding tert-OH is 1. The van der Waals surface area contributed by atoms with Gasteiger partial charge in [0.05, 0.1) is 11.8 Å². The fourth-order valence-electron chi connectivity index (χ4n) is 1.42. The molecule has 1 rings (SSSR count). The molecule has 0 saturated carbocycles. The molecule has 1 atom stereocenters. The topological polar surface area (TPSA) is 75.1 Å². The predicted octanol–water partition coefficient (Wildman–Crippen LogP) is 1.38. The Kier molecular flexibility index (Phi) is 6.07. The van der Waals surface area contributed by atoms with Gasteiger partial charge in [-0.05, 0) is 30.8 Å². The predicted molar refractivity (Wildman–Crippen MR) is 67.2 cm³/mol. The molecule has 1 amide bonds. The van der Waals surface area contributed by atoms with Crippen molar-refractivity contribution < 1.29 is 9.90 Å². The van der Waals surface area contributed by atoms with Crippen molar-refractivity contribution in [3.8, 4) is 0 Å². The van der Waals surface area contributed by atoms with Crippen LogP contribution in [0.3, 0.4) is 0 Å². The molecule has 2 N–H and O–H groups in total. The van der Waals surface area contributed by atoms with Crippen molar-refractivity contribution in [2.45, 2.75) is 45.6 Å². The molecule has 0 bridgehead atoms. The molecule has 1 aromatic heterocycles. The molecule has 0 fully saturated rings. The third kappa shape index (κ3) is 4.40. The number of carbonyl (C=O) groups excluding carboxylic acids is 1. The molecule has 6 heteroatoms. The van der Waals surface area contributed by atoms with Gasteiger partial charge in [0.1, 0.15) is 4.88 Å². The highest BCUT2D eigenvalue weighted by atomic mass is 32.1. The van der Waals surface area contributed by atoms with Crippen LogP contribution in [-0.4, -0.2) is 33.2 Å². The Morgan fingerprint density at radius 3 is 2.94 bits per heavy atom. The minimum Gasteiger partial charge on any atom is -0.393 e. The number of hydrogen-bond donors (Lipinski definition) is 2. The summed E-state index contributed by atoms with van der Waals surface area (Å²) >= 11 is 1.13. The second kappa shape index (κ2) is 7.34. The Morgan fingerprint density at radius 2 is 2.29 bits per heavy atom. The van der Waals surface area contributed by atoms with Crippen molar-refractivity contribution in [2.24, 2.45) is 0 Å². The first-order chi connectivity index (χ1) is 8.19. The maximum atomic E-state index is 11.8. The van der Waals surface area contributed by atoms with Gasteiger partial charge < -0.3 is 10.4 Å². The average molecular weight is 257 g/mol. The Balaban J connectivity index is 2.43. The number of aliphatic hydroxyl groups is 1. The summed E-state index contributed by atoms with van der Waals surface area (Å²) in [5, 5.41) is 16.1. The van der Waals surface area contributed by atoms with Crippen molar-refractivity contribution in [3.63, 3.8) is 0 Å². The van der Waals surface area contributed by atoms with E-state index in [1.165, 1.54) is 0 Å². The molecule has 0 aliphatic rings. The van der Waals surface area contributed by atoms with Crippen LogP contribution in [0.4, 0.5) is 0 Å². The number of hydrogen-bond acceptors (Lipinski definition) is 5. The van der Waals surface area contributed by atoms with Crippen LogP contribution >= 0.6 is 11.5 Å². The second-order valence-corrected chi connectivity index (χ2v) is 4.66. The van der Waals surface area contributed by atoms with Crippen LogP contribution in [0.2, 0.25) is 0 Å². The summed E-state index contributed by atoms with van der Waals surface area (Å²) < 4.78 is 3.80. The van der Waals surface area contributed by atoms with E-state index in [9.17, 15) is 9.90 Å². The highest BCUT2D eigenvalue weighted by molar-refractivity contribution is 7.08. The van der Waals surface area contributed by atoms with Crippen LogP contribution < -0.4 is 5.32 Å². The minimum atomic E-state index is -0.343. The number of amides is 1. The lowest BCUT2D eigenvalue weighted by atomic mass is 10.2. The molecule has 0 aliphatic carbocycles. The number of aromatic nitrogens is 2. The summed E-state index contributed by atoms with van der Waals surface area (Å²) in [5.41, 5.74) is 0.769. The number of nitrogens with one attached hydrogen (secondary N) is 1. The Bertz CT molecular complexity index is 354. The summed E-state index contributed by atoms with van der Waals surface area (Å²) in [4.78, 5) is 12.4. The van der Waals surface area contributed by atoms with Gasteiger partial charge in [0.15, 0.2) is 0 Å². The zero-order valence-corrected chi connectivity index (χ0v) is 11.1. The normalized spacial score (nSPS) is 12.4. The molecule has 1 unspecified atom stereocenters. The lowest BCUT2D eigenvalue weighted by Crippen LogP contribution is -2.27. The number of aryl methyl sites for hydroxylation is 1. The molecule has 96 valence electrons. The van der Waals surface area contributed by atoms with Crippen molar-refractivity contribution >= 4 is 17.4 Å². The third-order valence-electron chi connectivity index (χ3n) is 2.48. The highest BCUT2D eigenvalue weighted by Gasteiger charge is 2.15. The Labute approximate surface area is 105 Å². The summed E-state index contributed by atoms with van der Waals surface area (Å²) in [6, 6.07) is 0. The van der Waals surface area contributed by atoms with Gasteiger partial charge in [-0.3, -0.25) is 4.79 Å². The lowest BCUT2D eigenvalue weighted by Gasteiger charge is -2.08. The van der Waals surface area contributed by atoms with Crippen LogP contribution in [0.1, 0.15) is 48.5 Å². The van der Waals surface area contributed by atoms with Crippen molar-refractivity contribution in [1.29, 1.82) is 0 Å². The van der Waals surface area contributed by atoms with Crippen molar-refractivity contribution in [1.82, 2.24) is 14.9 Å². The van der Waals surface area contributed by atoms with Crippen molar-refractivity contribution in [3.05, 3.63) is 10.6 Å². The van der Waals surface area contributed by atoms with E-state index in [1.54, 1.807) is 0 Å². The molecule has 0 radical (unpaired) electrons. The average Bonchev–Trinajstić information content (AvgIpc) is 2.77. The molecular weight excluding hydrogens is 238 g/mol. The van der Waals surface area contributed by atoms with Crippen LogP contribution in [-0.2, 0) is 6.42 Å². The van der Waals surface area contributed by atoms with Crippen LogP contribution in [0.25, 0.3) is 0 Å².